The van der Waals surface area contributed by atoms with E-state index in [-0.39, 0.29) is 33.6 Å². The van der Waals surface area contributed by atoms with Crippen molar-refractivity contribution >= 4 is 74.6 Å². The first-order valence-electron chi connectivity index (χ1n) is 23.1. The van der Waals surface area contributed by atoms with Crippen molar-refractivity contribution in [3.8, 4) is 0 Å². The number of halogens is 4. The zero-order valence-electron chi connectivity index (χ0n) is 38.7. The topological polar surface area (TPSA) is 160 Å². The molecular formula is C49H60ClF3N5O7PS3. The number of carbonyl (C=O) groups is 1. The Labute approximate surface area is 415 Å². The highest BCUT2D eigenvalue weighted by molar-refractivity contribution is 7.99. The van der Waals surface area contributed by atoms with Gasteiger partial charge in [-0.3, -0.25) is 19.0 Å². The number of amides is 1. The number of anilines is 2. The summed E-state index contributed by atoms with van der Waals surface area (Å²) < 4.78 is 96.5. The van der Waals surface area contributed by atoms with E-state index >= 15 is 0 Å². The number of likely N-dealkylation sites (tertiary alicyclic amines) is 1. The van der Waals surface area contributed by atoms with E-state index in [4.69, 9.17) is 11.6 Å². The number of nitrogens with zero attached hydrogens (tertiary/aromatic N) is 3. The Morgan fingerprint density at radius 2 is 1.59 bits per heavy atom. The number of piperidine rings is 1. The minimum Gasteiger partial charge on any atom is -0.380 e. The van der Waals surface area contributed by atoms with Crippen LogP contribution in [-0.2, 0) is 25.4 Å². The number of benzene rings is 4. The Balaban J connectivity index is 0.992. The van der Waals surface area contributed by atoms with Gasteiger partial charge in [0, 0.05) is 72.2 Å². The summed E-state index contributed by atoms with van der Waals surface area (Å²) in [6.07, 6.45) is 4.56. The first kappa shape index (κ1) is 53.1. The van der Waals surface area contributed by atoms with Crippen molar-refractivity contribution in [1.82, 2.24) is 14.5 Å². The van der Waals surface area contributed by atoms with Crippen LogP contribution in [-0.4, -0.2) is 114 Å². The molecule has 3 aliphatic rings. The van der Waals surface area contributed by atoms with Crippen LogP contribution in [0, 0.1) is 11.3 Å². The summed E-state index contributed by atoms with van der Waals surface area (Å²) in [5.41, 5.74) is -0.622. The molecule has 12 nitrogen and oxygen atoms in total. The molecule has 4 N–H and O–H groups in total. The molecule has 20 heteroatoms. The zero-order chi connectivity index (χ0) is 49.6. The number of sulfone groups is 1. The molecule has 2 fully saturated rings. The van der Waals surface area contributed by atoms with Crippen LogP contribution >= 0.6 is 31.0 Å². The van der Waals surface area contributed by atoms with E-state index in [9.17, 15) is 44.9 Å². The predicted octanol–water partition coefficient (Wildman–Crippen LogP) is 9.72. The largest absolute Gasteiger partial charge is 0.501 e. The summed E-state index contributed by atoms with van der Waals surface area (Å²) in [6, 6.07) is 26.8. The highest BCUT2D eigenvalue weighted by Gasteiger charge is 2.48. The lowest BCUT2D eigenvalue weighted by atomic mass is 9.73. The highest BCUT2D eigenvalue weighted by Crippen LogP contribution is 2.43. The number of carbonyl (C=O) groups excluding carboxylic acids is 1. The zero-order valence-corrected chi connectivity index (χ0v) is 42.8. The van der Waals surface area contributed by atoms with Crippen LogP contribution in [0.1, 0.15) is 68.3 Å². The lowest BCUT2D eigenvalue weighted by Crippen LogP contribution is -2.47. The van der Waals surface area contributed by atoms with Crippen LogP contribution in [0.5, 0.6) is 0 Å². The summed E-state index contributed by atoms with van der Waals surface area (Å²) in [7, 11) is -12.6. The van der Waals surface area contributed by atoms with E-state index in [2.05, 4.69) is 50.7 Å². The maximum absolute atomic E-state index is 14.3. The van der Waals surface area contributed by atoms with Gasteiger partial charge >= 0.3 is 13.1 Å². The number of hydrogen-bond acceptors (Lipinski definition) is 10. The number of nitrogens with one attached hydrogen (secondary N) is 2. The number of thioether (sulfide) groups is 1. The Morgan fingerprint density at radius 3 is 2.23 bits per heavy atom. The molecule has 7 rings (SSSR count). The van der Waals surface area contributed by atoms with Gasteiger partial charge in [0.05, 0.1) is 16.7 Å². The Morgan fingerprint density at radius 1 is 0.928 bits per heavy atom. The first-order chi connectivity index (χ1) is 32.6. The van der Waals surface area contributed by atoms with Gasteiger partial charge in [-0.25, -0.2) is 12.6 Å². The van der Waals surface area contributed by atoms with Crippen LogP contribution in [0.2, 0.25) is 5.02 Å². The van der Waals surface area contributed by atoms with E-state index in [0.717, 1.165) is 73.7 Å². The standard InChI is InChI=1S/C49H60ClF3N5O7PS3/c1-48(2)22-18-44(36-8-12-39(50)13-9-36)38(31-48)32-57-26-28-58(29-27-57)41-14-10-37(11-15-41)47(59)55-68(63)43-16-17-45(46(30-43)69(64,65)49(51,52)53)54-40(34-67-42-6-4-3-5-7-42)21-25-56-23-19-35(20-24-56)33-66(60,61)62/h3-17,30,35,40,54H,18-29,31-34H2,1-2H3,(H,55,59)(H2,60,61,62)/t40-,68?/m1/s1. The Bertz CT molecular complexity index is 2620. The summed E-state index contributed by atoms with van der Waals surface area (Å²) in [6.45, 7) is 10.4. The highest BCUT2D eigenvalue weighted by atomic mass is 35.5. The van der Waals surface area contributed by atoms with Gasteiger partial charge in [0.1, 0.15) is 4.90 Å². The Hall–Kier alpha value is -3.71. The van der Waals surface area contributed by atoms with Crippen molar-refractivity contribution in [1.29, 1.82) is 0 Å². The average molecular weight is 1050 g/mol. The second-order valence-electron chi connectivity index (χ2n) is 18.9. The van der Waals surface area contributed by atoms with Crippen molar-refractivity contribution in [3.63, 3.8) is 0 Å². The maximum atomic E-state index is 14.3. The van der Waals surface area contributed by atoms with E-state index in [0.29, 0.717) is 50.7 Å². The van der Waals surface area contributed by atoms with Crippen LogP contribution in [0.15, 0.2) is 117 Å². The molecule has 2 aliphatic heterocycles. The van der Waals surface area contributed by atoms with Gasteiger partial charge in [-0.1, -0.05) is 61.4 Å². The molecule has 0 radical (unpaired) electrons. The molecule has 374 valence electrons. The number of piperazine rings is 1. The van der Waals surface area contributed by atoms with Crippen molar-refractivity contribution in [2.45, 2.75) is 78.6 Å². The van der Waals surface area contributed by atoms with Gasteiger partial charge in [-0.15, -0.1) is 11.8 Å². The molecule has 0 saturated carbocycles. The monoisotopic (exact) mass is 1050 g/mol. The second-order valence-corrected chi connectivity index (χ2v) is 25.3. The fourth-order valence-corrected chi connectivity index (χ4v) is 13.3. The van der Waals surface area contributed by atoms with Crippen LogP contribution in [0.25, 0.3) is 5.57 Å². The number of alkyl halides is 3. The van der Waals surface area contributed by atoms with Crippen molar-refractivity contribution in [2.75, 3.05) is 74.5 Å². The predicted molar refractivity (Wildman–Crippen MR) is 270 cm³/mol. The van der Waals surface area contributed by atoms with Gasteiger partial charge in [-0.05, 0) is 141 Å². The quantitative estimate of drug-likeness (QED) is 0.0553. The number of rotatable bonds is 18. The smallest absolute Gasteiger partial charge is 0.380 e. The Kier molecular flexibility index (Phi) is 17.5. The van der Waals surface area contributed by atoms with Gasteiger partial charge in [-0.2, -0.15) is 13.2 Å². The molecule has 4 aromatic rings. The molecule has 0 bridgehead atoms. The molecule has 0 aromatic heterocycles. The van der Waals surface area contributed by atoms with Crippen molar-refractivity contribution < 1.29 is 44.9 Å². The maximum Gasteiger partial charge on any atom is 0.501 e. The van der Waals surface area contributed by atoms with Crippen molar-refractivity contribution in [2.24, 2.45) is 11.3 Å². The summed E-state index contributed by atoms with van der Waals surface area (Å²) >= 11 is 7.64. The lowest BCUT2D eigenvalue weighted by molar-refractivity contribution is -0.0435. The molecule has 0 spiro atoms. The summed E-state index contributed by atoms with van der Waals surface area (Å²) in [5.74, 6) is -0.519. The van der Waals surface area contributed by atoms with Gasteiger partial charge < -0.3 is 24.9 Å². The minimum atomic E-state index is -5.96. The van der Waals surface area contributed by atoms with Gasteiger partial charge in [0.15, 0.2) is 11.0 Å². The third-order valence-corrected chi connectivity index (χ3v) is 18.1. The van der Waals surface area contributed by atoms with Crippen LogP contribution in [0.3, 0.4) is 0 Å². The van der Waals surface area contributed by atoms with E-state index in [1.54, 1.807) is 24.3 Å². The molecule has 69 heavy (non-hydrogen) atoms. The second kappa shape index (κ2) is 22.8. The summed E-state index contributed by atoms with van der Waals surface area (Å²) in [4.78, 5) is 38.5. The average Bonchev–Trinajstić information content (AvgIpc) is 3.30. The van der Waals surface area contributed by atoms with Crippen LogP contribution < -0.4 is 14.9 Å². The molecule has 2 atom stereocenters. The number of hydrogen-bond donors (Lipinski definition) is 4. The van der Waals surface area contributed by atoms with E-state index in [1.165, 1.54) is 34.5 Å². The molecule has 2 heterocycles. The lowest BCUT2D eigenvalue weighted by Gasteiger charge is -2.39. The van der Waals surface area contributed by atoms with Crippen LogP contribution in [0.4, 0.5) is 24.5 Å². The van der Waals surface area contributed by atoms with Crippen molar-refractivity contribution in [3.05, 3.63) is 119 Å². The molecule has 4 aromatic carbocycles. The van der Waals surface area contributed by atoms with Gasteiger partial charge in [0.2, 0.25) is 0 Å². The fraction of sp³-hybridized carbons (Fsp3) is 0.449. The fourth-order valence-electron chi connectivity index (χ4n) is 9.31. The summed E-state index contributed by atoms with van der Waals surface area (Å²) in [5, 5.41) is 3.76. The third-order valence-electron chi connectivity index (χ3n) is 13.1. The van der Waals surface area contributed by atoms with E-state index < -0.39 is 50.8 Å². The molecule has 1 unspecified atom stereocenters. The normalized spacial score (nSPS) is 18.8. The first-order valence-corrected chi connectivity index (χ1v) is 28.9. The molecule has 1 amide bonds. The minimum absolute atomic E-state index is 0.119. The molecule has 1 aliphatic carbocycles. The molecular weight excluding hydrogens is 990 g/mol. The third kappa shape index (κ3) is 14.7. The van der Waals surface area contributed by atoms with E-state index in [1.807, 2.05) is 42.5 Å². The number of allylic oxidation sites excluding steroid dienone is 1. The SMILES string of the molecule is CC1(C)CCC(c2ccc(Cl)cc2)=C(CN2CCN(c3ccc(C(=O)NS(=O)c4ccc(N[C@H](CCN5CCC(CP(=O)(O)O)CC5)CSc5ccccc5)c(S(=O)(=O)C(F)(F)F)c4)cc3)CC2)C1. The van der Waals surface area contributed by atoms with Gasteiger partial charge in [0.25, 0.3) is 15.7 Å². The molecule has 2 saturated heterocycles.